The number of ether oxygens (including phenoxy) is 2. The number of rotatable bonds is 5. The Balaban J connectivity index is 1.25. The van der Waals surface area contributed by atoms with Gasteiger partial charge in [0.1, 0.15) is 17.0 Å². The molecule has 3 aromatic rings. The number of nitrogens with zero attached hydrogens (tertiary/aromatic N) is 4. The van der Waals surface area contributed by atoms with Crippen molar-refractivity contribution in [1.82, 2.24) is 20.3 Å². The van der Waals surface area contributed by atoms with Crippen molar-refractivity contribution in [1.29, 1.82) is 0 Å². The first-order valence-corrected chi connectivity index (χ1v) is 11.6. The maximum atomic E-state index is 12.5. The standard InChI is InChI=1S/C25H29N5O3/c1-17-6-7-26-22(14-17)25(31)29-18-2-4-20(5-3-18)33-23-16-19(30-10-12-32-13-11-30)15-21-24(23)28-9-8-27-21/h6-9,14-16,18,20H,2-5,10-13H2,1H3,(H,29,31). The molecule has 172 valence electrons. The number of aromatic nitrogens is 3. The molecule has 2 aromatic heterocycles. The average Bonchev–Trinajstić information content (AvgIpc) is 2.85. The van der Waals surface area contributed by atoms with E-state index in [4.69, 9.17) is 9.47 Å². The van der Waals surface area contributed by atoms with E-state index in [0.29, 0.717) is 5.69 Å². The topological polar surface area (TPSA) is 89.5 Å². The van der Waals surface area contributed by atoms with Gasteiger partial charge in [0.05, 0.1) is 24.8 Å². The van der Waals surface area contributed by atoms with Crippen LogP contribution in [0.5, 0.6) is 5.75 Å². The van der Waals surface area contributed by atoms with E-state index in [2.05, 4.69) is 37.3 Å². The monoisotopic (exact) mass is 447 g/mol. The molecular weight excluding hydrogens is 418 g/mol. The van der Waals surface area contributed by atoms with Gasteiger partial charge in [-0.2, -0.15) is 0 Å². The number of amides is 1. The number of pyridine rings is 1. The fourth-order valence-corrected chi connectivity index (χ4v) is 4.55. The Kier molecular flexibility index (Phi) is 6.35. The third-order valence-corrected chi connectivity index (χ3v) is 6.35. The van der Waals surface area contributed by atoms with E-state index in [1.807, 2.05) is 19.1 Å². The average molecular weight is 448 g/mol. The van der Waals surface area contributed by atoms with Gasteiger partial charge >= 0.3 is 0 Å². The number of carbonyl (C=O) groups excluding carboxylic acids is 1. The van der Waals surface area contributed by atoms with E-state index < -0.39 is 0 Å². The summed E-state index contributed by atoms with van der Waals surface area (Å²) in [5, 5.41) is 3.13. The number of aryl methyl sites for hydroxylation is 1. The van der Waals surface area contributed by atoms with Gasteiger partial charge in [-0.05, 0) is 56.4 Å². The number of hydrogen-bond acceptors (Lipinski definition) is 7. The van der Waals surface area contributed by atoms with Gasteiger partial charge in [0.15, 0.2) is 0 Å². The second kappa shape index (κ2) is 9.70. The SMILES string of the molecule is Cc1ccnc(C(=O)NC2CCC(Oc3cc(N4CCOCC4)cc4nccnc34)CC2)c1. The van der Waals surface area contributed by atoms with Crippen LogP contribution < -0.4 is 15.0 Å². The van der Waals surface area contributed by atoms with Crippen LogP contribution in [0.25, 0.3) is 11.0 Å². The van der Waals surface area contributed by atoms with E-state index in [1.54, 1.807) is 18.6 Å². The van der Waals surface area contributed by atoms with E-state index >= 15 is 0 Å². The summed E-state index contributed by atoms with van der Waals surface area (Å²) in [6.07, 6.45) is 8.66. The summed E-state index contributed by atoms with van der Waals surface area (Å²) in [6, 6.07) is 8.00. The predicted octanol–water partition coefficient (Wildman–Crippen LogP) is 3.29. The van der Waals surface area contributed by atoms with Crippen molar-refractivity contribution in [3.05, 3.63) is 54.1 Å². The van der Waals surface area contributed by atoms with Crippen molar-refractivity contribution in [3.63, 3.8) is 0 Å². The van der Waals surface area contributed by atoms with Crippen LogP contribution in [0, 0.1) is 6.92 Å². The smallest absolute Gasteiger partial charge is 0.270 e. The maximum Gasteiger partial charge on any atom is 0.270 e. The Morgan fingerprint density at radius 3 is 2.61 bits per heavy atom. The lowest BCUT2D eigenvalue weighted by atomic mass is 9.92. The summed E-state index contributed by atoms with van der Waals surface area (Å²) in [4.78, 5) is 28.1. The molecule has 1 saturated carbocycles. The number of hydrogen-bond donors (Lipinski definition) is 1. The minimum atomic E-state index is -0.109. The van der Waals surface area contributed by atoms with Gasteiger partial charge in [-0.15, -0.1) is 0 Å². The van der Waals surface area contributed by atoms with Gasteiger partial charge in [0.25, 0.3) is 5.91 Å². The largest absolute Gasteiger partial charge is 0.488 e. The van der Waals surface area contributed by atoms with E-state index in [0.717, 1.165) is 80.0 Å². The second-order valence-corrected chi connectivity index (χ2v) is 8.75. The zero-order valence-electron chi connectivity index (χ0n) is 18.9. The number of nitrogens with one attached hydrogen (secondary N) is 1. The highest BCUT2D eigenvalue weighted by Gasteiger charge is 2.25. The quantitative estimate of drug-likeness (QED) is 0.642. The van der Waals surface area contributed by atoms with Crippen LogP contribution in [0.1, 0.15) is 41.7 Å². The van der Waals surface area contributed by atoms with Gasteiger partial charge in [-0.25, -0.2) is 4.98 Å². The van der Waals surface area contributed by atoms with Crippen molar-refractivity contribution in [2.24, 2.45) is 0 Å². The number of morpholine rings is 1. The number of benzene rings is 1. The molecule has 1 aromatic carbocycles. The molecular formula is C25H29N5O3. The minimum absolute atomic E-state index is 0.0837. The lowest BCUT2D eigenvalue weighted by molar-refractivity contribution is 0.0890. The second-order valence-electron chi connectivity index (χ2n) is 8.75. The molecule has 2 aliphatic rings. The molecule has 5 rings (SSSR count). The highest BCUT2D eigenvalue weighted by Crippen LogP contribution is 2.33. The summed E-state index contributed by atoms with van der Waals surface area (Å²) >= 11 is 0. The van der Waals surface area contributed by atoms with Crippen LogP contribution in [-0.2, 0) is 4.74 Å². The molecule has 0 atom stereocenters. The molecule has 3 heterocycles. The molecule has 0 spiro atoms. The molecule has 8 heteroatoms. The highest BCUT2D eigenvalue weighted by molar-refractivity contribution is 5.92. The molecule has 1 amide bonds. The van der Waals surface area contributed by atoms with Crippen molar-refractivity contribution in [2.45, 2.75) is 44.8 Å². The number of carbonyl (C=O) groups is 1. The zero-order valence-corrected chi connectivity index (χ0v) is 18.9. The van der Waals surface area contributed by atoms with Crippen LogP contribution in [0.4, 0.5) is 5.69 Å². The van der Waals surface area contributed by atoms with Crippen LogP contribution in [-0.4, -0.2) is 59.3 Å². The molecule has 0 radical (unpaired) electrons. The maximum absolute atomic E-state index is 12.5. The lowest BCUT2D eigenvalue weighted by Gasteiger charge is -2.31. The molecule has 1 aliphatic carbocycles. The van der Waals surface area contributed by atoms with Crippen molar-refractivity contribution in [2.75, 3.05) is 31.2 Å². The Morgan fingerprint density at radius 2 is 1.82 bits per heavy atom. The van der Waals surface area contributed by atoms with E-state index in [-0.39, 0.29) is 18.1 Å². The first-order chi connectivity index (χ1) is 16.2. The Bertz CT molecular complexity index is 1120. The van der Waals surface area contributed by atoms with Gasteiger partial charge in [-0.1, -0.05) is 0 Å². The van der Waals surface area contributed by atoms with Crippen molar-refractivity contribution in [3.8, 4) is 5.75 Å². The summed E-state index contributed by atoms with van der Waals surface area (Å²) in [5.41, 5.74) is 4.21. The summed E-state index contributed by atoms with van der Waals surface area (Å²) < 4.78 is 12.0. The van der Waals surface area contributed by atoms with Gasteiger partial charge in [-0.3, -0.25) is 14.8 Å². The van der Waals surface area contributed by atoms with Gasteiger partial charge in [0.2, 0.25) is 0 Å². The Hall–Kier alpha value is -3.26. The van der Waals surface area contributed by atoms with E-state index in [1.165, 1.54) is 0 Å². The molecule has 8 nitrogen and oxygen atoms in total. The van der Waals surface area contributed by atoms with Gasteiger partial charge in [0, 0.05) is 49.5 Å². The summed E-state index contributed by atoms with van der Waals surface area (Å²) in [5.74, 6) is 0.668. The normalized spacial score (nSPS) is 21.1. The van der Waals surface area contributed by atoms with Crippen LogP contribution >= 0.6 is 0 Å². The minimum Gasteiger partial charge on any atom is -0.488 e. The fourth-order valence-electron chi connectivity index (χ4n) is 4.55. The molecule has 0 bridgehead atoms. The number of anilines is 1. The molecule has 1 N–H and O–H groups in total. The van der Waals surface area contributed by atoms with Crippen molar-refractivity contribution >= 4 is 22.6 Å². The molecule has 33 heavy (non-hydrogen) atoms. The Morgan fingerprint density at radius 1 is 1.03 bits per heavy atom. The number of fused-ring (bicyclic) bond motifs is 1. The summed E-state index contributed by atoms with van der Waals surface area (Å²) in [7, 11) is 0. The highest BCUT2D eigenvalue weighted by atomic mass is 16.5. The first-order valence-electron chi connectivity index (χ1n) is 11.6. The molecule has 0 unspecified atom stereocenters. The van der Waals surface area contributed by atoms with Crippen LogP contribution in [0.3, 0.4) is 0 Å². The molecule has 2 fully saturated rings. The van der Waals surface area contributed by atoms with Gasteiger partial charge < -0.3 is 19.7 Å². The molecule has 1 saturated heterocycles. The Labute approximate surface area is 193 Å². The van der Waals surface area contributed by atoms with E-state index in [9.17, 15) is 4.79 Å². The first kappa shape index (κ1) is 21.6. The lowest BCUT2D eigenvalue weighted by Crippen LogP contribution is -2.40. The van der Waals surface area contributed by atoms with Crippen LogP contribution in [0.2, 0.25) is 0 Å². The van der Waals surface area contributed by atoms with Crippen LogP contribution in [0.15, 0.2) is 42.9 Å². The third kappa shape index (κ3) is 5.06. The third-order valence-electron chi connectivity index (χ3n) is 6.35. The summed E-state index contributed by atoms with van der Waals surface area (Å²) in [6.45, 7) is 5.12. The zero-order chi connectivity index (χ0) is 22.6. The fraction of sp³-hybridized carbons (Fsp3) is 0.440. The predicted molar refractivity (Wildman–Crippen MR) is 126 cm³/mol. The van der Waals surface area contributed by atoms with Crippen molar-refractivity contribution < 1.29 is 14.3 Å². The molecule has 1 aliphatic heterocycles.